The Hall–Kier alpha value is -1.16. The van der Waals surface area contributed by atoms with Crippen LogP contribution in [-0.4, -0.2) is 30.1 Å². The van der Waals surface area contributed by atoms with Crippen molar-refractivity contribution >= 4 is 11.8 Å². The first kappa shape index (κ1) is 9.84. The molecule has 0 aromatic carbocycles. The number of methoxy groups -OCH3 is 1. The van der Waals surface area contributed by atoms with Crippen LogP contribution in [0.3, 0.4) is 0 Å². The molecule has 0 saturated carbocycles. The highest BCUT2D eigenvalue weighted by atomic mass is 16.5. The number of carboxylic acids is 1. The molecule has 0 fully saturated rings. The molecule has 11 heavy (non-hydrogen) atoms. The summed E-state index contributed by atoms with van der Waals surface area (Å²) in [6.07, 6.45) is 2.13. The number of carbonyl (C=O) groups is 2. The van der Waals surface area contributed by atoms with Crippen LogP contribution in [0.1, 0.15) is 6.92 Å². The van der Waals surface area contributed by atoms with E-state index in [9.17, 15) is 9.59 Å². The van der Waals surface area contributed by atoms with E-state index in [2.05, 4.69) is 0 Å². The van der Waals surface area contributed by atoms with E-state index in [1.807, 2.05) is 0 Å². The van der Waals surface area contributed by atoms with Gasteiger partial charge >= 0.3 is 5.97 Å². The maximum atomic E-state index is 10.4. The molecule has 1 unspecified atom stereocenters. The maximum absolute atomic E-state index is 10.4. The Kier molecular flexibility index (Phi) is 4.14. The van der Waals surface area contributed by atoms with Gasteiger partial charge in [-0.25, -0.2) is 4.79 Å². The number of carbonyl (C=O) groups excluding carboxylic acids is 1. The first-order valence-electron chi connectivity index (χ1n) is 3.06. The van der Waals surface area contributed by atoms with Gasteiger partial charge in [0.1, 0.15) is 0 Å². The molecule has 0 aliphatic carbocycles. The van der Waals surface area contributed by atoms with Crippen molar-refractivity contribution in [1.29, 1.82) is 0 Å². The van der Waals surface area contributed by atoms with E-state index in [1.54, 1.807) is 6.92 Å². The smallest absolute Gasteiger partial charge is 0.376 e. The average molecular weight is 158 g/mol. The summed E-state index contributed by atoms with van der Waals surface area (Å²) in [5, 5.41) is 8.13. The van der Waals surface area contributed by atoms with Gasteiger partial charge in [-0.05, 0) is 13.0 Å². The molecule has 1 atom stereocenters. The minimum absolute atomic E-state index is 0.238. The number of carboxylic acid groups (broad SMARTS) is 1. The largest absolute Gasteiger partial charge is 0.475 e. The van der Waals surface area contributed by atoms with Gasteiger partial charge in [-0.2, -0.15) is 0 Å². The van der Waals surface area contributed by atoms with E-state index in [0.29, 0.717) is 0 Å². The van der Waals surface area contributed by atoms with E-state index in [-0.39, 0.29) is 6.10 Å². The number of aliphatic carboxylic acids is 1. The minimum Gasteiger partial charge on any atom is -0.475 e. The fourth-order valence-corrected chi connectivity index (χ4v) is 0.373. The summed E-state index contributed by atoms with van der Waals surface area (Å²) in [6, 6.07) is 0. The summed E-state index contributed by atoms with van der Waals surface area (Å²) in [5.74, 6) is -2.39. The third-order valence-electron chi connectivity index (χ3n) is 1.10. The van der Waals surface area contributed by atoms with Gasteiger partial charge in [-0.1, -0.05) is 6.08 Å². The fourth-order valence-electron chi connectivity index (χ4n) is 0.373. The van der Waals surface area contributed by atoms with Gasteiger partial charge in [0.2, 0.25) is 0 Å². The molecule has 0 rings (SSSR count). The topological polar surface area (TPSA) is 63.6 Å². The molecule has 0 spiro atoms. The highest BCUT2D eigenvalue weighted by Gasteiger charge is 2.05. The van der Waals surface area contributed by atoms with Gasteiger partial charge in [-0.15, -0.1) is 0 Å². The van der Waals surface area contributed by atoms with Crippen LogP contribution in [0.5, 0.6) is 0 Å². The number of hydrogen-bond donors (Lipinski definition) is 1. The van der Waals surface area contributed by atoms with Crippen molar-refractivity contribution in [2.24, 2.45) is 0 Å². The van der Waals surface area contributed by atoms with Gasteiger partial charge in [0.05, 0.1) is 6.10 Å². The second-order valence-corrected chi connectivity index (χ2v) is 1.97. The van der Waals surface area contributed by atoms with Crippen molar-refractivity contribution in [3.8, 4) is 0 Å². The molecule has 4 nitrogen and oxygen atoms in total. The molecule has 1 N–H and O–H groups in total. The zero-order valence-electron chi connectivity index (χ0n) is 6.40. The summed E-state index contributed by atoms with van der Waals surface area (Å²) in [4.78, 5) is 20.4. The second kappa shape index (κ2) is 4.62. The SMILES string of the molecule is COC(C)/C=C/C(=O)C(=O)O. The molecule has 62 valence electrons. The predicted molar refractivity (Wildman–Crippen MR) is 38.3 cm³/mol. The molecule has 0 saturated heterocycles. The van der Waals surface area contributed by atoms with Crippen molar-refractivity contribution < 1.29 is 19.4 Å². The van der Waals surface area contributed by atoms with Gasteiger partial charge < -0.3 is 9.84 Å². The van der Waals surface area contributed by atoms with E-state index in [0.717, 1.165) is 6.08 Å². The summed E-state index contributed by atoms with van der Waals surface area (Å²) in [7, 11) is 1.47. The highest BCUT2D eigenvalue weighted by Crippen LogP contribution is 1.89. The van der Waals surface area contributed by atoms with Crippen molar-refractivity contribution in [3.63, 3.8) is 0 Å². The average Bonchev–Trinajstić information content (AvgIpc) is 1.99. The second-order valence-electron chi connectivity index (χ2n) is 1.97. The van der Waals surface area contributed by atoms with Gasteiger partial charge in [0.15, 0.2) is 0 Å². The van der Waals surface area contributed by atoms with Gasteiger partial charge in [-0.3, -0.25) is 4.79 Å². The Morgan fingerprint density at radius 3 is 2.45 bits per heavy atom. The summed E-state index contributed by atoms with van der Waals surface area (Å²) < 4.78 is 4.75. The van der Waals surface area contributed by atoms with Crippen LogP contribution in [0.25, 0.3) is 0 Å². The van der Waals surface area contributed by atoms with Gasteiger partial charge in [0.25, 0.3) is 5.78 Å². The standard InChI is InChI=1S/C7H10O4/c1-5(11-2)3-4-6(8)7(9)10/h3-5H,1-2H3,(H,9,10)/b4-3+. The zero-order valence-corrected chi connectivity index (χ0v) is 6.40. The molecule has 4 heteroatoms. The quantitative estimate of drug-likeness (QED) is 0.470. The van der Waals surface area contributed by atoms with E-state index < -0.39 is 11.8 Å². The van der Waals surface area contributed by atoms with Crippen molar-refractivity contribution in [1.82, 2.24) is 0 Å². The molecule has 0 heterocycles. The summed E-state index contributed by atoms with van der Waals surface area (Å²) in [6.45, 7) is 1.70. The van der Waals surface area contributed by atoms with E-state index in [4.69, 9.17) is 9.84 Å². The number of ether oxygens (including phenoxy) is 1. The zero-order chi connectivity index (χ0) is 8.85. The predicted octanol–water partition coefficient (Wildman–Crippen LogP) is 0.231. The monoisotopic (exact) mass is 158 g/mol. The fraction of sp³-hybridized carbons (Fsp3) is 0.429. The van der Waals surface area contributed by atoms with E-state index in [1.165, 1.54) is 13.2 Å². The normalized spacial score (nSPS) is 13.3. The third kappa shape index (κ3) is 4.27. The van der Waals surface area contributed by atoms with Crippen LogP contribution in [0.4, 0.5) is 0 Å². The lowest BCUT2D eigenvalue weighted by atomic mass is 10.3. The Labute approximate surface area is 64.5 Å². The molecule has 0 radical (unpaired) electrons. The Bertz CT molecular complexity index is 183. The molecule has 0 aromatic heterocycles. The summed E-state index contributed by atoms with van der Waals surface area (Å²) >= 11 is 0. The molecule has 0 aliphatic rings. The molecule has 0 aromatic rings. The lowest BCUT2D eigenvalue weighted by Gasteiger charge is -1.99. The van der Waals surface area contributed by atoms with Crippen LogP contribution < -0.4 is 0 Å². The van der Waals surface area contributed by atoms with Crippen LogP contribution in [0, 0.1) is 0 Å². The molecule has 0 amide bonds. The maximum Gasteiger partial charge on any atom is 0.376 e. The van der Waals surface area contributed by atoms with Crippen molar-refractivity contribution in [2.45, 2.75) is 13.0 Å². The van der Waals surface area contributed by atoms with Crippen LogP contribution in [0.15, 0.2) is 12.2 Å². The van der Waals surface area contributed by atoms with Crippen molar-refractivity contribution in [2.75, 3.05) is 7.11 Å². The van der Waals surface area contributed by atoms with Crippen LogP contribution in [0.2, 0.25) is 0 Å². The molecular weight excluding hydrogens is 148 g/mol. The van der Waals surface area contributed by atoms with Crippen molar-refractivity contribution in [3.05, 3.63) is 12.2 Å². The number of rotatable bonds is 4. The Morgan fingerprint density at radius 2 is 2.09 bits per heavy atom. The lowest BCUT2D eigenvalue weighted by molar-refractivity contribution is -0.146. The molecule has 0 aliphatic heterocycles. The minimum atomic E-state index is -1.45. The van der Waals surface area contributed by atoms with Crippen LogP contribution in [-0.2, 0) is 14.3 Å². The van der Waals surface area contributed by atoms with Gasteiger partial charge in [0, 0.05) is 7.11 Å². The Morgan fingerprint density at radius 1 is 1.55 bits per heavy atom. The third-order valence-corrected chi connectivity index (χ3v) is 1.10. The molecular formula is C7H10O4. The molecule has 0 bridgehead atoms. The number of hydrogen-bond acceptors (Lipinski definition) is 3. The lowest BCUT2D eigenvalue weighted by Crippen LogP contribution is -2.10. The first-order valence-corrected chi connectivity index (χ1v) is 3.06. The highest BCUT2D eigenvalue weighted by molar-refractivity contribution is 6.37. The summed E-state index contributed by atoms with van der Waals surface area (Å²) in [5.41, 5.74) is 0. The van der Waals surface area contributed by atoms with E-state index >= 15 is 0 Å². The van der Waals surface area contributed by atoms with Crippen LogP contribution >= 0.6 is 0 Å². The Balaban J connectivity index is 3.93. The number of ketones is 1. The first-order chi connectivity index (χ1) is 5.07.